The normalized spacial score (nSPS) is 11.0. The lowest BCUT2D eigenvalue weighted by molar-refractivity contribution is -0.117. The van der Waals surface area contributed by atoms with E-state index in [1.165, 1.54) is 11.1 Å². The van der Waals surface area contributed by atoms with Gasteiger partial charge in [-0.15, -0.1) is 10.2 Å². The average molecular weight is 363 g/mol. The fourth-order valence-corrected chi connectivity index (χ4v) is 3.04. The smallest absolute Gasteiger partial charge is 0.238 e. The van der Waals surface area contributed by atoms with Gasteiger partial charge in [0.05, 0.1) is 6.54 Å². The van der Waals surface area contributed by atoms with Crippen molar-refractivity contribution in [3.8, 4) is 11.4 Å². The lowest BCUT2D eigenvalue weighted by Gasteiger charge is -2.18. The zero-order valence-electron chi connectivity index (χ0n) is 16.2. The summed E-state index contributed by atoms with van der Waals surface area (Å²) < 4.78 is 1.86. The molecule has 0 bridgehead atoms. The molecule has 1 N–H and O–H groups in total. The number of carbonyl (C=O) groups is 1. The van der Waals surface area contributed by atoms with Crippen molar-refractivity contribution in [1.29, 1.82) is 0 Å². The number of carbonyl (C=O) groups excluding carboxylic acids is 1. The number of nitrogens with zero attached hydrogens (tertiary/aromatic N) is 4. The summed E-state index contributed by atoms with van der Waals surface area (Å²) in [6.07, 6.45) is 1.67. The first-order valence-corrected chi connectivity index (χ1v) is 8.92. The van der Waals surface area contributed by atoms with Crippen LogP contribution in [0.4, 0.5) is 5.69 Å². The lowest BCUT2D eigenvalue weighted by Crippen LogP contribution is -2.30. The molecular formula is C21H25N5O. The third-order valence-corrected chi connectivity index (χ3v) is 4.55. The van der Waals surface area contributed by atoms with Crippen molar-refractivity contribution in [2.75, 3.05) is 18.9 Å². The number of nitrogens with one attached hydrogen (secondary N) is 1. The highest BCUT2D eigenvalue weighted by Crippen LogP contribution is 2.26. The van der Waals surface area contributed by atoms with Crippen molar-refractivity contribution in [1.82, 2.24) is 19.7 Å². The monoisotopic (exact) mass is 363 g/mol. The highest BCUT2D eigenvalue weighted by Gasteiger charge is 2.13. The second-order valence-electron chi connectivity index (χ2n) is 6.95. The molecule has 3 rings (SSSR count). The van der Waals surface area contributed by atoms with Crippen molar-refractivity contribution in [3.05, 3.63) is 65.5 Å². The Morgan fingerprint density at radius 1 is 1.15 bits per heavy atom. The van der Waals surface area contributed by atoms with Gasteiger partial charge >= 0.3 is 0 Å². The van der Waals surface area contributed by atoms with E-state index in [-0.39, 0.29) is 5.91 Å². The van der Waals surface area contributed by atoms with Gasteiger partial charge in [0, 0.05) is 24.8 Å². The summed E-state index contributed by atoms with van der Waals surface area (Å²) in [4.78, 5) is 14.5. The van der Waals surface area contributed by atoms with Crippen LogP contribution in [0.15, 0.2) is 48.8 Å². The Labute approximate surface area is 159 Å². The zero-order chi connectivity index (χ0) is 19.4. The molecule has 2 aromatic carbocycles. The predicted molar refractivity (Wildman–Crippen MR) is 107 cm³/mol. The third-order valence-electron chi connectivity index (χ3n) is 4.55. The van der Waals surface area contributed by atoms with Gasteiger partial charge in [-0.25, -0.2) is 0 Å². The first kappa shape index (κ1) is 18.8. The van der Waals surface area contributed by atoms with Crippen LogP contribution in [-0.4, -0.2) is 39.2 Å². The Bertz CT molecular complexity index is 930. The summed E-state index contributed by atoms with van der Waals surface area (Å²) in [5.74, 6) is 0.739. The fraction of sp³-hybridized carbons (Fsp3) is 0.286. The molecule has 3 aromatic rings. The Kier molecular flexibility index (Phi) is 5.66. The van der Waals surface area contributed by atoms with E-state index in [2.05, 4.69) is 46.7 Å². The number of aryl methyl sites for hydroxylation is 2. The maximum Gasteiger partial charge on any atom is 0.238 e. The summed E-state index contributed by atoms with van der Waals surface area (Å²) in [5, 5.41) is 11.1. The highest BCUT2D eigenvalue weighted by atomic mass is 16.2. The maximum atomic E-state index is 12.5. The number of aromatic nitrogens is 3. The van der Waals surface area contributed by atoms with Crippen LogP contribution in [-0.2, 0) is 18.4 Å². The SMILES string of the molecule is Cc1ccc(CN(C)CC(=O)Nc2cccc(-c3nncn3C)c2C)cc1. The van der Waals surface area contributed by atoms with Crippen LogP contribution in [0.5, 0.6) is 0 Å². The minimum absolute atomic E-state index is 0.0390. The molecule has 1 amide bonds. The Morgan fingerprint density at radius 2 is 1.89 bits per heavy atom. The van der Waals surface area contributed by atoms with Crippen LogP contribution < -0.4 is 5.32 Å². The van der Waals surface area contributed by atoms with Crippen LogP contribution in [0.25, 0.3) is 11.4 Å². The number of hydrogen-bond donors (Lipinski definition) is 1. The van der Waals surface area contributed by atoms with Crippen molar-refractivity contribution in [3.63, 3.8) is 0 Å². The molecule has 1 heterocycles. The Balaban J connectivity index is 1.65. The molecule has 6 nitrogen and oxygen atoms in total. The number of rotatable bonds is 6. The van der Waals surface area contributed by atoms with Crippen LogP contribution in [0.1, 0.15) is 16.7 Å². The van der Waals surface area contributed by atoms with E-state index in [0.29, 0.717) is 6.54 Å². The van der Waals surface area contributed by atoms with E-state index in [0.717, 1.165) is 29.2 Å². The van der Waals surface area contributed by atoms with Gasteiger partial charge < -0.3 is 9.88 Å². The van der Waals surface area contributed by atoms with Gasteiger partial charge in [0.15, 0.2) is 5.82 Å². The largest absolute Gasteiger partial charge is 0.325 e. The van der Waals surface area contributed by atoms with Gasteiger partial charge in [0.2, 0.25) is 5.91 Å². The number of likely N-dealkylation sites (N-methyl/N-ethyl adjacent to an activating group) is 1. The molecule has 0 spiro atoms. The van der Waals surface area contributed by atoms with E-state index in [1.54, 1.807) is 6.33 Å². The maximum absolute atomic E-state index is 12.5. The van der Waals surface area contributed by atoms with Gasteiger partial charge in [0.1, 0.15) is 6.33 Å². The summed E-state index contributed by atoms with van der Waals surface area (Å²) in [5.41, 5.74) is 5.15. The van der Waals surface area contributed by atoms with E-state index < -0.39 is 0 Å². The third kappa shape index (κ3) is 4.60. The molecule has 0 aliphatic rings. The van der Waals surface area contributed by atoms with E-state index >= 15 is 0 Å². The molecule has 140 valence electrons. The zero-order valence-corrected chi connectivity index (χ0v) is 16.2. The van der Waals surface area contributed by atoms with Gasteiger partial charge in [-0.1, -0.05) is 42.0 Å². The van der Waals surface area contributed by atoms with E-state index in [1.807, 2.05) is 48.7 Å². The number of anilines is 1. The van der Waals surface area contributed by atoms with Gasteiger partial charge in [-0.05, 0) is 38.1 Å². The number of hydrogen-bond acceptors (Lipinski definition) is 4. The lowest BCUT2D eigenvalue weighted by atomic mass is 10.1. The minimum Gasteiger partial charge on any atom is -0.325 e. The van der Waals surface area contributed by atoms with Crippen molar-refractivity contribution in [2.24, 2.45) is 7.05 Å². The standard InChI is InChI=1S/C21H25N5O/c1-15-8-10-17(11-9-15)12-25(3)13-20(27)23-19-7-5-6-18(16(19)2)21-24-22-14-26(21)4/h5-11,14H,12-13H2,1-4H3,(H,23,27). The molecule has 0 aliphatic heterocycles. The highest BCUT2D eigenvalue weighted by molar-refractivity contribution is 5.94. The van der Waals surface area contributed by atoms with Crippen LogP contribution >= 0.6 is 0 Å². The summed E-state index contributed by atoms with van der Waals surface area (Å²) in [6, 6.07) is 14.2. The number of benzene rings is 2. The van der Waals surface area contributed by atoms with Gasteiger partial charge in [0.25, 0.3) is 0 Å². The molecule has 0 radical (unpaired) electrons. The van der Waals surface area contributed by atoms with E-state index in [9.17, 15) is 4.79 Å². The molecule has 6 heteroatoms. The minimum atomic E-state index is -0.0390. The summed E-state index contributed by atoms with van der Waals surface area (Å²) >= 11 is 0. The quantitative estimate of drug-likeness (QED) is 0.731. The molecule has 1 aromatic heterocycles. The summed E-state index contributed by atoms with van der Waals surface area (Å²) in [6.45, 7) is 5.10. The average Bonchev–Trinajstić information content (AvgIpc) is 3.04. The molecular weight excluding hydrogens is 338 g/mol. The Morgan fingerprint density at radius 3 is 2.56 bits per heavy atom. The predicted octanol–water partition coefficient (Wildman–Crippen LogP) is 3.17. The Hall–Kier alpha value is -2.99. The van der Waals surface area contributed by atoms with Gasteiger partial charge in [-0.3, -0.25) is 9.69 Å². The first-order chi connectivity index (χ1) is 12.9. The first-order valence-electron chi connectivity index (χ1n) is 8.92. The van der Waals surface area contributed by atoms with Gasteiger partial charge in [-0.2, -0.15) is 0 Å². The molecule has 0 fully saturated rings. The molecule has 0 saturated heterocycles. The molecule has 0 unspecified atom stereocenters. The second kappa shape index (κ2) is 8.14. The molecule has 0 atom stereocenters. The van der Waals surface area contributed by atoms with Crippen molar-refractivity contribution in [2.45, 2.75) is 20.4 Å². The number of amides is 1. The fourth-order valence-electron chi connectivity index (χ4n) is 3.04. The van der Waals surface area contributed by atoms with Crippen molar-refractivity contribution < 1.29 is 4.79 Å². The molecule has 27 heavy (non-hydrogen) atoms. The summed E-state index contributed by atoms with van der Waals surface area (Å²) in [7, 11) is 3.85. The van der Waals surface area contributed by atoms with Crippen LogP contribution in [0.3, 0.4) is 0 Å². The molecule has 0 saturated carbocycles. The molecule has 0 aliphatic carbocycles. The van der Waals surface area contributed by atoms with Crippen molar-refractivity contribution >= 4 is 11.6 Å². The second-order valence-corrected chi connectivity index (χ2v) is 6.95. The topological polar surface area (TPSA) is 63.1 Å². The van der Waals surface area contributed by atoms with Crippen LogP contribution in [0, 0.1) is 13.8 Å². The van der Waals surface area contributed by atoms with E-state index in [4.69, 9.17) is 0 Å². The van der Waals surface area contributed by atoms with Crippen LogP contribution in [0.2, 0.25) is 0 Å².